The van der Waals surface area contributed by atoms with Gasteiger partial charge in [0.2, 0.25) is 5.91 Å². The molecular formula is C15H24N4O2. The lowest BCUT2D eigenvalue weighted by Gasteiger charge is -2.13. The molecule has 0 heterocycles. The minimum absolute atomic E-state index is 0.0269. The van der Waals surface area contributed by atoms with E-state index in [1.807, 2.05) is 20.8 Å². The molecule has 0 radical (unpaired) electrons. The van der Waals surface area contributed by atoms with Crippen molar-refractivity contribution in [2.45, 2.75) is 33.2 Å². The first kappa shape index (κ1) is 16.8. The summed E-state index contributed by atoms with van der Waals surface area (Å²) in [5.74, 6) is -0.187. The van der Waals surface area contributed by atoms with Gasteiger partial charge in [0.25, 0.3) is 5.91 Å². The molecule has 21 heavy (non-hydrogen) atoms. The predicted molar refractivity (Wildman–Crippen MR) is 85.2 cm³/mol. The van der Waals surface area contributed by atoms with Crippen LogP contribution in [-0.4, -0.2) is 30.9 Å². The van der Waals surface area contributed by atoms with Crippen LogP contribution in [-0.2, 0) is 4.79 Å². The van der Waals surface area contributed by atoms with Gasteiger partial charge in [-0.2, -0.15) is 0 Å². The topological polar surface area (TPSA) is 96.2 Å². The minimum Gasteiger partial charge on any atom is -0.399 e. The zero-order chi connectivity index (χ0) is 15.8. The van der Waals surface area contributed by atoms with Gasteiger partial charge in [0.1, 0.15) is 0 Å². The van der Waals surface area contributed by atoms with Crippen LogP contribution in [0.4, 0.5) is 11.4 Å². The van der Waals surface area contributed by atoms with Gasteiger partial charge in [-0.05, 0) is 39.0 Å². The zero-order valence-corrected chi connectivity index (χ0v) is 12.8. The lowest BCUT2D eigenvalue weighted by Crippen LogP contribution is -2.31. The second-order valence-corrected chi connectivity index (χ2v) is 5.06. The monoisotopic (exact) mass is 292 g/mol. The molecule has 116 valence electrons. The number of anilines is 2. The molecule has 0 aliphatic carbocycles. The van der Waals surface area contributed by atoms with Gasteiger partial charge in [-0.1, -0.05) is 0 Å². The molecule has 1 rings (SSSR count). The molecule has 0 aliphatic rings. The van der Waals surface area contributed by atoms with E-state index in [0.29, 0.717) is 36.4 Å². The Labute approximate surface area is 125 Å². The lowest BCUT2D eigenvalue weighted by molar-refractivity contribution is -0.121. The van der Waals surface area contributed by atoms with Crippen molar-refractivity contribution in [1.29, 1.82) is 0 Å². The molecule has 0 fully saturated rings. The largest absolute Gasteiger partial charge is 0.399 e. The Morgan fingerprint density at radius 1 is 1.29 bits per heavy atom. The van der Waals surface area contributed by atoms with Crippen LogP contribution in [0.25, 0.3) is 0 Å². The van der Waals surface area contributed by atoms with Crippen molar-refractivity contribution in [3.8, 4) is 0 Å². The van der Waals surface area contributed by atoms with Crippen molar-refractivity contribution in [2.24, 2.45) is 0 Å². The number of hydrogen-bond donors (Lipinski definition) is 4. The Morgan fingerprint density at radius 3 is 2.62 bits per heavy atom. The van der Waals surface area contributed by atoms with E-state index in [9.17, 15) is 9.59 Å². The number of amides is 2. The highest BCUT2D eigenvalue weighted by atomic mass is 16.2. The molecule has 0 saturated carbocycles. The molecule has 0 saturated heterocycles. The maximum atomic E-state index is 11.9. The number of rotatable bonds is 7. The van der Waals surface area contributed by atoms with Gasteiger partial charge in [0.05, 0.1) is 5.56 Å². The van der Waals surface area contributed by atoms with Crippen LogP contribution in [0.2, 0.25) is 0 Å². The molecule has 1 aromatic carbocycles. The average Bonchev–Trinajstić information content (AvgIpc) is 2.38. The molecule has 0 unspecified atom stereocenters. The Hall–Kier alpha value is -2.24. The normalized spacial score (nSPS) is 10.3. The number of benzene rings is 1. The summed E-state index contributed by atoms with van der Waals surface area (Å²) in [7, 11) is 0. The first-order valence-corrected chi connectivity index (χ1v) is 7.15. The van der Waals surface area contributed by atoms with E-state index in [1.165, 1.54) is 0 Å². The fraction of sp³-hybridized carbons (Fsp3) is 0.467. The number of nitrogen functional groups attached to an aromatic ring is 1. The van der Waals surface area contributed by atoms with Crippen molar-refractivity contribution in [1.82, 2.24) is 10.6 Å². The van der Waals surface area contributed by atoms with Crippen molar-refractivity contribution < 1.29 is 9.59 Å². The summed E-state index contributed by atoms with van der Waals surface area (Å²) in [4.78, 5) is 23.5. The molecule has 1 aromatic rings. The van der Waals surface area contributed by atoms with Crippen LogP contribution in [0.1, 0.15) is 37.6 Å². The van der Waals surface area contributed by atoms with Gasteiger partial charge in [0, 0.05) is 36.9 Å². The maximum absolute atomic E-state index is 11.9. The van der Waals surface area contributed by atoms with E-state index in [1.54, 1.807) is 18.2 Å². The van der Waals surface area contributed by atoms with Crippen LogP contribution < -0.4 is 21.7 Å². The quantitative estimate of drug-likeness (QED) is 0.570. The molecule has 5 N–H and O–H groups in total. The van der Waals surface area contributed by atoms with Crippen LogP contribution in [0.15, 0.2) is 18.2 Å². The van der Waals surface area contributed by atoms with E-state index in [-0.39, 0.29) is 17.9 Å². The number of carbonyl (C=O) groups is 2. The summed E-state index contributed by atoms with van der Waals surface area (Å²) in [6.45, 7) is 6.68. The summed E-state index contributed by atoms with van der Waals surface area (Å²) in [5.41, 5.74) is 7.48. The van der Waals surface area contributed by atoms with E-state index in [2.05, 4.69) is 16.0 Å². The van der Waals surface area contributed by atoms with Gasteiger partial charge in [-0.15, -0.1) is 0 Å². The SMILES string of the molecule is CCNC(=O)c1ccc(N)cc1NCCC(=O)NC(C)C. The molecule has 0 spiro atoms. The third-order valence-electron chi connectivity index (χ3n) is 2.74. The summed E-state index contributed by atoms with van der Waals surface area (Å²) in [6.07, 6.45) is 0.335. The summed E-state index contributed by atoms with van der Waals surface area (Å²) in [5, 5.41) is 8.66. The number of carbonyl (C=O) groups excluding carboxylic acids is 2. The van der Waals surface area contributed by atoms with Gasteiger partial charge in [-0.25, -0.2) is 0 Å². The lowest BCUT2D eigenvalue weighted by atomic mass is 10.1. The smallest absolute Gasteiger partial charge is 0.253 e. The van der Waals surface area contributed by atoms with Crippen LogP contribution in [0, 0.1) is 0 Å². The summed E-state index contributed by atoms with van der Waals surface area (Å²) in [6, 6.07) is 5.18. The molecule has 0 aliphatic heterocycles. The summed E-state index contributed by atoms with van der Waals surface area (Å²) < 4.78 is 0. The van der Waals surface area contributed by atoms with Gasteiger partial charge >= 0.3 is 0 Å². The van der Waals surface area contributed by atoms with Gasteiger partial charge in [0.15, 0.2) is 0 Å². The second-order valence-electron chi connectivity index (χ2n) is 5.06. The van der Waals surface area contributed by atoms with Crippen molar-refractivity contribution in [2.75, 3.05) is 24.1 Å². The average molecular weight is 292 g/mol. The molecule has 0 bridgehead atoms. The number of hydrogen-bond acceptors (Lipinski definition) is 4. The molecule has 0 aromatic heterocycles. The van der Waals surface area contributed by atoms with Gasteiger partial charge in [-0.3, -0.25) is 9.59 Å². The number of nitrogens with two attached hydrogens (primary N) is 1. The van der Waals surface area contributed by atoms with Crippen LogP contribution in [0.5, 0.6) is 0 Å². The first-order valence-electron chi connectivity index (χ1n) is 7.15. The fourth-order valence-electron chi connectivity index (χ4n) is 1.87. The molecule has 6 heteroatoms. The van der Waals surface area contributed by atoms with E-state index in [4.69, 9.17) is 5.73 Å². The second kappa shape index (κ2) is 8.14. The Kier molecular flexibility index (Phi) is 6.52. The molecule has 6 nitrogen and oxygen atoms in total. The minimum atomic E-state index is -0.161. The Bertz CT molecular complexity index is 500. The molecule has 2 amide bonds. The zero-order valence-electron chi connectivity index (χ0n) is 12.8. The van der Waals surface area contributed by atoms with Crippen molar-refractivity contribution in [3.05, 3.63) is 23.8 Å². The van der Waals surface area contributed by atoms with Crippen LogP contribution in [0.3, 0.4) is 0 Å². The van der Waals surface area contributed by atoms with E-state index in [0.717, 1.165) is 0 Å². The van der Waals surface area contributed by atoms with Crippen molar-refractivity contribution >= 4 is 23.2 Å². The summed E-state index contributed by atoms with van der Waals surface area (Å²) >= 11 is 0. The highest BCUT2D eigenvalue weighted by Crippen LogP contribution is 2.19. The first-order chi connectivity index (χ1) is 9.93. The van der Waals surface area contributed by atoms with E-state index >= 15 is 0 Å². The van der Waals surface area contributed by atoms with Crippen LogP contribution >= 0.6 is 0 Å². The van der Waals surface area contributed by atoms with E-state index < -0.39 is 0 Å². The fourth-order valence-corrected chi connectivity index (χ4v) is 1.87. The maximum Gasteiger partial charge on any atom is 0.253 e. The highest BCUT2D eigenvalue weighted by molar-refractivity contribution is 6.00. The standard InChI is InChI=1S/C15H24N4O2/c1-4-17-15(21)12-6-5-11(16)9-13(12)18-8-7-14(20)19-10(2)3/h5-6,9-10,18H,4,7-8,16H2,1-3H3,(H,17,21)(H,19,20). The predicted octanol–water partition coefficient (Wildman–Crippen LogP) is 1.35. The Morgan fingerprint density at radius 2 is 2.00 bits per heavy atom. The molecule has 0 atom stereocenters. The third-order valence-corrected chi connectivity index (χ3v) is 2.74. The highest BCUT2D eigenvalue weighted by Gasteiger charge is 2.11. The number of nitrogens with one attached hydrogen (secondary N) is 3. The Balaban J connectivity index is 2.67. The molecular weight excluding hydrogens is 268 g/mol. The van der Waals surface area contributed by atoms with Gasteiger partial charge < -0.3 is 21.7 Å². The van der Waals surface area contributed by atoms with Crippen molar-refractivity contribution in [3.63, 3.8) is 0 Å². The third kappa shape index (κ3) is 5.72.